The molecule has 1 rings (SSSR count). The molecule has 0 aliphatic heterocycles. The van der Waals surface area contributed by atoms with E-state index in [2.05, 4.69) is 5.10 Å². The van der Waals surface area contributed by atoms with Gasteiger partial charge in [0.25, 0.3) is 10.0 Å². The molecule has 14 heavy (non-hydrogen) atoms. The lowest BCUT2D eigenvalue weighted by Gasteiger charge is -2.11. The lowest BCUT2D eigenvalue weighted by molar-refractivity contribution is 0.421. The fraction of sp³-hybridized carbons (Fsp3) is 0.625. The van der Waals surface area contributed by atoms with Crippen molar-refractivity contribution in [3.8, 4) is 0 Å². The fourth-order valence-electron chi connectivity index (χ4n) is 1.34. The van der Waals surface area contributed by atoms with E-state index in [1.54, 1.807) is 10.9 Å². The number of hydrogen-bond acceptors (Lipinski definition) is 3. The Morgan fingerprint density at radius 1 is 1.50 bits per heavy atom. The first-order valence-corrected chi connectivity index (χ1v) is 6.11. The van der Waals surface area contributed by atoms with Crippen LogP contribution in [0.4, 0.5) is 0 Å². The Morgan fingerprint density at radius 2 is 2.07 bits per heavy atom. The molecule has 0 spiro atoms. The maximum Gasteiger partial charge on any atom is 0.257 e. The predicted octanol–water partition coefficient (Wildman–Crippen LogP) is 0.892. The van der Waals surface area contributed by atoms with Crippen molar-refractivity contribution in [1.82, 2.24) is 9.78 Å². The summed E-state index contributed by atoms with van der Waals surface area (Å²) >= 11 is 0. The number of hydrogen-bond donors (Lipinski definition) is 1. The van der Waals surface area contributed by atoms with Crippen molar-refractivity contribution in [3.63, 3.8) is 0 Å². The summed E-state index contributed by atoms with van der Waals surface area (Å²) in [4.78, 5) is 0. The summed E-state index contributed by atoms with van der Waals surface area (Å²) in [5.41, 5.74) is 0. The van der Waals surface area contributed by atoms with Gasteiger partial charge in [-0.2, -0.15) is 5.10 Å². The van der Waals surface area contributed by atoms with Gasteiger partial charge in [0.1, 0.15) is 0 Å². The highest BCUT2D eigenvalue weighted by molar-refractivity contribution is 7.89. The fourth-order valence-corrected chi connectivity index (χ4v) is 1.80. The van der Waals surface area contributed by atoms with Gasteiger partial charge in [0.2, 0.25) is 0 Å². The molecular formula is C8H15N3O2S. The SMILES string of the molecule is CCC(CC)n1ccc(S(N)(=O)=O)n1. The Morgan fingerprint density at radius 3 is 2.43 bits per heavy atom. The normalized spacial score (nSPS) is 12.3. The summed E-state index contributed by atoms with van der Waals surface area (Å²) in [7, 11) is -3.66. The summed E-state index contributed by atoms with van der Waals surface area (Å²) in [6.45, 7) is 4.07. The lowest BCUT2D eigenvalue weighted by atomic mass is 10.2. The second-order valence-electron chi connectivity index (χ2n) is 3.15. The van der Waals surface area contributed by atoms with Crippen molar-refractivity contribution in [2.45, 2.75) is 37.8 Å². The molecule has 0 aliphatic rings. The molecule has 2 N–H and O–H groups in total. The van der Waals surface area contributed by atoms with Gasteiger partial charge in [-0.25, -0.2) is 13.6 Å². The average Bonchev–Trinajstić information content (AvgIpc) is 2.54. The highest BCUT2D eigenvalue weighted by Gasteiger charge is 2.14. The molecule has 0 aliphatic carbocycles. The van der Waals surface area contributed by atoms with E-state index in [1.807, 2.05) is 13.8 Å². The van der Waals surface area contributed by atoms with E-state index < -0.39 is 10.0 Å². The zero-order valence-electron chi connectivity index (χ0n) is 8.34. The van der Waals surface area contributed by atoms with Crippen molar-refractivity contribution in [1.29, 1.82) is 0 Å². The third kappa shape index (κ3) is 2.33. The van der Waals surface area contributed by atoms with E-state index in [9.17, 15) is 8.42 Å². The van der Waals surface area contributed by atoms with Crippen molar-refractivity contribution in [2.75, 3.05) is 0 Å². The van der Waals surface area contributed by atoms with Crippen molar-refractivity contribution >= 4 is 10.0 Å². The summed E-state index contributed by atoms with van der Waals surface area (Å²) in [6.07, 6.45) is 3.49. The maximum atomic E-state index is 10.9. The van der Waals surface area contributed by atoms with E-state index in [4.69, 9.17) is 5.14 Å². The van der Waals surface area contributed by atoms with Gasteiger partial charge in [-0.05, 0) is 18.9 Å². The third-order valence-corrected chi connectivity index (χ3v) is 2.99. The van der Waals surface area contributed by atoms with Gasteiger partial charge >= 0.3 is 0 Å². The van der Waals surface area contributed by atoms with Crippen molar-refractivity contribution < 1.29 is 8.42 Å². The molecule has 0 saturated carbocycles. The van der Waals surface area contributed by atoms with Crippen LogP contribution in [0.2, 0.25) is 0 Å². The number of nitrogens with two attached hydrogens (primary N) is 1. The number of nitrogens with zero attached hydrogens (tertiary/aromatic N) is 2. The molecule has 0 radical (unpaired) electrons. The molecule has 1 heterocycles. The van der Waals surface area contributed by atoms with Crippen LogP contribution in [0.25, 0.3) is 0 Å². The summed E-state index contributed by atoms with van der Waals surface area (Å²) < 4.78 is 23.5. The van der Waals surface area contributed by atoms with Crippen LogP contribution in [-0.2, 0) is 10.0 Å². The molecule has 0 amide bonds. The Bertz CT molecular complexity index is 392. The van der Waals surface area contributed by atoms with Crippen LogP contribution in [0.15, 0.2) is 17.3 Å². The summed E-state index contributed by atoms with van der Waals surface area (Å²) in [5.74, 6) is 0. The van der Waals surface area contributed by atoms with E-state index in [-0.39, 0.29) is 11.1 Å². The van der Waals surface area contributed by atoms with E-state index >= 15 is 0 Å². The second-order valence-corrected chi connectivity index (χ2v) is 4.66. The number of aromatic nitrogens is 2. The first-order chi connectivity index (χ1) is 6.49. The topological polar surface area (TPSA) is 78.0 Å². The standard InChI is InChI=1S/C8H15N3O2S/c1-3-7(4-2)11-6-5-8(10-11)14(9,12)13/h5-7H,3-4H2,1-2H3,(H2,9,12,13). The van der Waals surface area contributed by atoms with Crippen LogP contribution >= 0.6 is 0 Å². The van der Waals surface area contributed by atoms with Crippen LogP contribution in [0.1, 0.15) is 32.7 Å². The number of sulfonamides is 1. The molecule has 0 atom stereocenters. The minimum atomic E-state index is -3.66. The highest BCUT2D eigenvalue weighted by atomic mass is 32.2. The Kier molecular flexibility index (Phi) is 3.28. The highest BCUT2D eigenvalue weighted by Crippen LogP contribution is 2.15. The molecule has 0 unspecified atom stereocenters. The average molecular weight is 217 g/mol. The molecule has 1 aromatic heterocycles. The molecule has 6 heteroatoms. The minimum absolute atomic E-state index is 0.0654. The van der Waals surface area contributed by atoms with Crippen LogP contribution in [-0.4, -0.2) is 18.2 Å². The minimum Gasteiger partial charge on any atom is -0.268 e. The Balaban J connectivity index is 2.99. The molecule has 0 fully saturated rings. The van der Waals surface area contributed by atoms with Crippen molar-refractivity contribution in [3.05, 3.63) is 12.3 Å². The molecule has 0 aromatic carbocycles. The van der Waals surface area contributed by atoms with Gasteiger partial charge in [-0.3, -0.25) is 4.68 Å². The molecule has 0 saturated heterocycles. The summed E-state index contributed by atoms with van der Waals surface area (Å²) in [5, 5.41) is 8.81. The molecule has 80 valence electrons. The Labute approximate surface area is 84.0 Å². The second kappa shape index (κ2) is 4.10. The van der Waals surface area contributed by atoms with E-state index in [1.165, 1.54) is 6.07 Å². The largest absolute Gasteiger partial charge is 0.268 e. The predicted molar refractivity (Wildman–Crippen MR) is 53.2 cm³/mol. The molecule has 5 nitrogen and oxygen atoms in total. The van der Waals surface area contributed by atoms with Gasteiger partial charge < -0.3 is 0 Å². The van der Waals surface area contributed by atoms with E-state index in [0.29, 0.717) is 0 Å². The molecule has 1 aromatic rings. The van der Waals surface area contributed by atoms with Gasteiger partial charge in [0.15, 0.2) is 5.03 Å². The smallest absolute Gasteiger partial charge is 0.257 e. The zero-order chi connectivity index (χ0) is 10.8. The third-order valence-electron chi connectivity index (χ3n) is 2.19. The first kappa shape index (κ1) is 11.2. The quantitative estimate of drug-likeness (QED) is 0.813. The molecular weight excluding hydrogens is 202 g/mol. The van der Waals surface area contributed by atoms with Crippen LogP contribution in [0, 0.1) is 0 Å². The zero-order valence-corrected chi connectivity index (χ0v) is 9.16. The first-order valence-electron chi connectivity index (χ1n) is 4.57. The van der Waals surface area contributed by atoms with Crippen LogP contribution in [0.5, 0.6) is 0 Å². The Hall–Kier alpha value is -0.880. The van der Waals surface area contributed by atoms with Gasteiger partial charge in [0.05, 0.1) is 6.04 Å². The molecule has 0 bridgehead atoms. The number of rotatable bonds is 4. The van der Waals surface area contributed by atoms with Gasteiger partial charge in [-0.1, -0.05) is 13.8 Å². The van der Waals surface area contributed by atoms with Crippen molar-refractivity contribution in [2.24, 2.45) is 5.14 Å². The lowest BCUT2D eigenvalue weighted by Crippen LogP contribution is -2.14. The van der Waals surface area contributed by atoms with Gasteiger partial charge in [-0.15, -0.1) is 0 Å². The van der Waals surface area contributed by atoms with Crippen LogP contribution in [0.3, 0.4) is 0 Å². The maximum absolute atomic E-state index is 10.9. The van der Waals surface area contributed by atoms with Gasteiger partial charge in [0, 0.05) is 6.20 Å². The summed E-state index contributed by atoms with van der Waals surface area (Å²) in [6, 6.07) is 1.67. The van der Waals surface area contributed by atoms with E-state index in [0.717, 1.165) is 12.8 Å². The van der Waals surface area contributed by atoms with Crippen LogP contribution < -0.4 is 5.14 Å². The number of primary sulfonamides is 1. The monoisotopic (exact) mass is 217 g/mol.